The average molecular weight is 522 g/mol. The van der Waals surface area contributed by atoms with E-state index in [1.807, 2.05) is 6.92 Å². The monoisotopic (exact) mass is 522 g/mol. The maximum atomic E-state index is 13.1. The standard InChI is InChI=1S/C15H10F6O.C10H18O4/c16-13(14(17,18)19)15(20,21)22-12-8-6-11(7-9-12)10-4-2-1-3-5-10;1-7(13-2)14-9-5-3-8(4-6-9)10(11)12/h1-9,13H;7-9H,3-6H2,1-2H3,(H,11,12). The third-order valence-electron chi connectivity index (χ3n) is 5.54. The van der Waals surface area contributed by atoms with Crippen LogP contribution < -0.4 is 4.74 Å². The molecule has 0 bridgehead atoms. The van der Waals surface area contributed by atoms with Gasteiger partial charge < -0.3 is 19.3 Å². The number of alkyl halides is 6. The first-order valence-electron chi connectivity index (χ1n) is 11.2. The molecule has 2 unspecified atom stereocenters. The summed E-state index contributed by atoms with van der Waals surface area (Å²) < 4.78 is 89.3. The van der Waals surface area contributed by atoms with Gasteiger partial charge in [0.25, 0.3) is 6.17 Å². The topological polar surface area (TPSA) is 65.0 Å². The van der Waals surface area contributed by atoms with Gasteiger partial charge in [-0.3, -0.25) is 4.79 Å². The maximum absolute atomic E-state index is 13.1. The van der Waals surface area contributed by atoms with E-state index < -0.39 is 30.2 Å². The Balaban J connectivity index is 0.000000281. The minimum Gasteiger partial charge on any atom is -0.481 e. The van der Waals surface area contributed by atoms with E-state index in [1.54, 1.807) is 37.4 Å². The molecule has 2 atom stereocenters. The van der Waals surface area contributed by atoms with Gasteiger partial charge in [0.1, 0.15) is 5.75 Å². The average Bonchev–Trinajstić information content (AvgIpc) is 2.84. The molecule has 2 aromatic rings. The zero-order chi connectivity index (χ0) is 26.9. The van der Waals surface area contributed by atoms with E-state index in [1.165, 1.54) is 12.1 Å². The van der Waals surface area contributed by atoms with Gasteiger partial charge in [-0.05, 0) is 55.9 Å². The Kier molecular flexibility index (Phi) is 10.6. The van der Waals surface area contributed by atoms with Crippen molar-refractivity contribution >= 4 is 5.97 Å². The number of hydrogen-bond acceptors (Lipinski definition) is 4. The summed E-state index contributed by atoms with van der Waals surface area (Å²) in [6.45, 7) is 1.85. The lowest BCUT2D eigenvalue weighted by Crippen LogP contribution is -2.45. The summed E-state index contributed by atoms with van der Waals surface area (Å²) in [4.78, 5) is 10.7. The van der Waals surface area contributed by atoms with Crippen LogP contribution in [0.4, 0.5) is 26.3 Å². The van der Waals surface area contributed by atoms with Crippen LogP contribution in [-0.2, 0) is 14.3 Å². The second-order valence-electron chi connectivity index (χ2n) is 8.21. The van der Waals surface area contributed by atoms with Crippen LogP contribution in [0.25, 0.3) is 11.1 Å². The lowest BCUT2D eigenvalue weighted by molar-refractivity contribution is -0.304. The first-order valence-corrected chi connectivity index (χ1v) is 11.2. The van der Waals surface area contributed by atoms with Crippen molar-refractivity contribution in [2.75, 3.05) is 7.11 Å². The van der Waals surface area contributed by atoms with E-state index >= 15 is 0 Å². The molecule has 1 fully saturated rings. The highest BCUT2D eigenvalue weighted by Gasteiger charge is 2.59. The molecule has 200 valence electrons. The zero-order valence-electron chi connectivity index (χ0n) is 19.7. The van der Waals surface area contributed by atoms with Crippen LogP contribution >= 0.6 is 0 Å². The molecule has 1 saturated carbocycles. The molecule has 0 spiro atoms. The summed E-state index contributed by atoms with van der Waals surface area (Å²) in [5.74, 6) is -1.41. The lowest BCUT2D eigenvalue weighted by atomic mass is 9.87. The predicted octanol–water partition coefficient (Wildman–Crippen LogP) is 6.86. The highest BCUT2D eigenvalue weighted by Crippen LogP contribution is 2.37. The van der Waals surface area contributed by atoms with Gasteiger partial charge in [-0.25, -0.2) is 4.39 Å². The third kappa shape index (κ3) is 9.02. The van der Waals surface area contributed by atoms with E-state index in [9.17, 15) is 31.1 Å². The molecule has 5 nitrogen and oxygen atoms in total. The van der Waals surface area contributed by atoms with E-state index in [-0.39, 0.29) is 18.3 Å². The van der Waals surface area contributed by atoms with Gasteiger partial charge in [-0.2, -0.15) is 22.0 Å². The molecule has 0 heterocycles. The molecule has 0 radical (unpaired) electrons. The SMILES string of the molecule is COC(C)OC1CCC(C(=O)O)CC1.FC(C(F)(F)F)C(F)(F)Oc1ccc(-c2ccccc2)cc1. The summed E-state index contributed by atoms with van der Waals surface area (Å²) in [7, 11) is 1.60. The summed E-state index contributed by atoms with van der Waals surface area (Å²) in [6, 6.07) is 13.8. The summed E-state index contributed by atoms with van der Waals surface area (Å²) in [5, 5.41) is 8.79. The van der Waals surface area contributed by atoms with Crippen LogP contribution in [0.3, 0.4) is 0 Å². The minimum absolute atomic E-state index is 0.167. The van der Waals surface area contributed by atoms with Crippen molar-refractivity contribution in [3.05, 3.63) is 54.6 Å². The van der Waals surface area contributed by atoms with E-state index in [0.29, 0.717) is 5.56 Å². The van der Waals surface area contributed by atoms with E-state index in [0.717, 1.165) is 43.4 Å². The second-order valence-corrected chi connectivity index (χ2v) is 8.21. The van der Waals surface area contributed by atoms with Gasteiger partial charge >= 0.3 is 18.3 Å². The highest BCUT2D eigenvalue weighted by atomic mass is 19.4. The smallest absolute Gasteiger partial charge is 0.439 e. The van der Waals surface area contributed by atoms with Crippen LogP contribution in [0.2, 0.25) is 0 Å². The Hall–Kier alpha value is -2.79. The molecule has 0 aliphatic heterocycles. The van der Waals surface area contributed by atoms with Gasteiger partial charge in [0.15, 0.2) is 6.29 Å². The minimum atomic E-state index is -5.70. The number of carbonyl (C=O) groups is 1. The molecule has 3 rings (SSSR count). The van der Waals surface area contributed by atoms with Gasteiger partial charge in [0, 0.05) is 7.11 Å². The Bertz CT molecular complexity index is 928. The first-order chi connectivity index (χ1) is 16.8. The van der Waals surface area contributed by atoms with Gasteiger partial charge in [0.2, 0.25) is 0 Å². The molecule has 36 heavy (non-hydrogen) atoms. The molecule has 1 aliphatic rings. The van der Waals surface area contributed by atoms with Gasteiger partial charge in [0.05, 0.1) is 12.0 Å². The Morgan fingerprint density at radius 1 is 0.917 bits per heavy atom. The normalized spacial score (nSPS) is 20.0. The molecular formula is C25H28F6O5. The lowest BCUT2D eigenvalue weighted by Gasteiger charge is -2.28. The number of methoxy groups -OCH3 is 1. The Morgan fingerprint density at radius 3 is 1.92 bits per heavy atom. The third-order valence-corrected chi connectivity index (χ3v) is 5.54. The van der Waals surface area contributed by atoms with Crippen LogP contribution in [0, 0.1) is 5.92 Å². The van der Waals surface area contributed by atoms with Crippen LogP contribution in [0.5, 0.6) is 5.75 Å². The fourth-order valence-corrected chi connectivity index (χ4v) is 3.52. The van der Waals surface area contributed by atoms with Crippen molar-refractivity contribution < 1.29 is 50.5 Å². The number of carboxylic acids is 1. The highest BCUT2D eigenvalue weighted by molar-refractivity contribution is 5.70. The molecule has 0 amide bonds. The molecule has 0 aromatic heterocycles. The van der Waals surface area contributed by atoms with Crippen LogP contribution in [0.15, 0.2) is 54.6 Å². The Morgan fingerprint density at radius 2 is 1.44 bits per heavy atom. The predicted molar refractivity (Wildman–Crippen MR) is 119 cm³/mol. The number of benzene rings is 2. The summed E-state index contributed by atoms with van der Waals surface area (Å²) in [6.07, 6.45) is -12.0. The summed E-state index contributed by atoms with van der Waals surface area (Å²) >= 11 is 0. The number of ether oxygens (including phenoxy) is 3. The molecule has 11 heteroatoms. The van der Waals surface area contributed by atoms with Crippen molar-refractivity contribution in [1.82, 2.24) is 0 Å². The molecule has 2 aromatic carbocycles. The number of rotatable bonds is 8. The molecule has 1 N–H and O–H groups in total. The number of halogens is 6. The number of hydrogen-bond donors (Lipinski definition) is 1. The fraction of sp³-hybridized carbons (Fsp3) is 0.480. The first kappa shape index (κ1) is 29.4. The van der Waals surface area contributed by atoms with Gasteiger partial charge in [-0.15, -0.1) is 0 Å². The molecular weight excluding hydrogens is 494 g/mol. The van der Waals surface area contributed by atoms with Crippen molar-refractivity contribution in [3.8, 4) is 16.9 Å². The molecule has 1 aliphatic carbocycles. The van der Waals surface area contributed by atoms with Crippen molar-refractivity contribution in [1.29, 1.82) is 0 Å². The van der Waals surface area contributed by atoms with Crippen molar-refractivity contribution in [2.24, 2.45) is 5.92 Å². The Labute approximate surface area is 205 Å². The quantitative estimate of drug-likeness (QED) is 0.303. The van der Waals surface area contributed by atoms with Crippen LogP contribution in [-0.4, -0.2) is 49.0 Å². The van der Waals surface area contributed by atoms with Gasteiger partial charge in [-0.1, -0.05) is 42.5 Å². The molecule has 0 saturated heterocycles. The van der Waals surface area contributed by atoms with Crippen molar-refractivity contribution in [2.45, 2.75) is 63.5 Å². The van der Waals surface area contributed by atoms with E-state index in [4.69, 9.17) is 14.6 Å². The maximum Gasteiger partial charge on any atom is 0.439 e. The zero-order valence-corrected chi connectivity index (χ0v) is 19.7. The largest absolute Gasteiger partial charge is 0.481 e. The van der Waals surface area contributed by atoms with E-state index in [2.05, 4.69) is 4.74 Å². The summed E-state index contributed by atoms with van der Waals surface area (Å²) in [5.41, 5.74) is 1.45. The van der Waals surface area contributed by atoms with Crippen molar-refractivity contribution in [3.63, 3.8) is 0 Å². The number of aliphatic carboxylic acids is 1. The van der Waals surface area contributed by atoms with Crippen LogP contribution in [0.1, 0.15) is 32.6 Å². The fourth-order valence-electron chi connectivity index (χ4n) is 3.52. The second kappa shape index (κ2) is 13.0. The number of carboxylic acid groups (broad SMARTS) is 1.